The fourth-order valence-corrected chi connectivity index (χ4v) is 2.09. The van der Waals surface area contributed by atoms with Gasteiger partial charge in [-0.25, -0.2) is 0 Å². The van der Waals surface area contributed by atoms with Gasteiger partial charge in [0.05, 0.1) is 7.11 Å². The van der Waals surface area contributed by atoms with Crippen LogP contribution in [0.4, 0.5) is 17.2 Å². The van der Waals surface area contributed by atoms with Crippen LogP contribution in [0.15, 0.2) is 66.7 Å². The molecule has 24 heavy (non-hydrogen) atoms. The SMILES string of the molecule is COc1cccc(Nc2ccc(C(=O)Nc3ccccc3)nn2)c1. The third-order valence-electron chi connectivity index (χ3n) is 3.27. The Morgan fingerprint density at radius 2 is 1.71 bits per heavy atom. The highest BCUT2D eigenvalue weighted by Crippen LogP contribution is 2.19. The predicted octanol–water partition coefficient (Wildman–Crippen LogP) is 3.48. The molecule has 0 radical (unpaired) electrons. The highest BCUT2D eigenvalue weighted by molar-refractivity contribution is 6.02. The van der Waals surface area contributed by atoms with Gasteiger partial charge in [-0.2, -0.15) is 0 Å². The zero-order chi connectivity index (χ0) is 16.8. The number of aromatic nitrogens is 2. The summed E-state index contributed by atoms with van der Waals surface area (Å²) in [4.78, 5) is 12.1. The molecule has 0 aliphatic heterocycles. The van der Waals surface area contributed by atoms with Gasteiger partial charge >= 0.3 is 0 Å². The number of nitrogens with zero attached hydrogens (tertiary/aromatic N) is 2. The van der Waals surface area contributed by atoms with Crippen molar-refractivity contribution in [2.24, 2.45) is 0 Å². The van der Waals surface area contributed by atoms with Crippen LogP contribution in [-0.2, 0) is 0 Å². The van der Waals surface area contributed by atoms with Gasteiger partial charge in [0, 0.05) is 17.4 Å². The zero-order valence-corrected chi connectivity index (χ0v) is 13.1. The van der Waals surface area contributed by atoms with Crippen LogP contribution in [0, 0.1) is 0 Å². The van der Waals surface area contributed by atoms with E-state index >= 15 is 0 Å². The lowest BCUT2D eigenvalue weighted by atomic mass is 10.3. The third-order valence-corrected chi connectivity index (χ3v) is 3.27. The van der Waals surface area contributed by atoms with Crippen molar-refractivity contribution in [3.8, 4) is 5.75 Å². The quantitative estimate of drug-likeness (QED) is 0.752. The van der Waals surface area contributed by atoms with E-state index in [1.165, 1.54) is 0 Å². The number of anilines is 3. The fraction of sp³-hybridized carbons (Fsp3) is 0.0556. The normalized spacial score (nSPS) is 10.0. The van der Waals surface area contributed by atoms with E-state index in [-0.39, 0.29) is 11.6 Å². The van der Waals surface area contributed by atoms with Crippen molar-refractivity contribution in [3.05, 3.63) is 72.4 Å². The number of hydrogen-bond donors (Lipinski definition) is 2. The molecule has 0 bridgehead atoms. The number of hydrogen-bond acceptors (Lipinski definition) is 5. The molecular formula is C18H16N4O2. The minimum atomic E-state index is -0.304. The molecule has 0 saturated carbocycles. The maximum atomic E-state index is 12.1. The number of carbonyl (C=O) groups is 1. The van der Waals surface area contributed by atoms with Crippen molar-refractivity contribution < 1.29 is 9.53 Å². The molecule has 0 spiro atoms. The minimum absolute atomic E-state index is 0.245. The van der Waals surface area contributed by atoms with Crippen LogP contribution in [0.2, 0.25) is 0 Å². The van der Waals surface area contributed by atoms with Crippen molar-refractivity contribution in [3.63, 3.8) is 0 Å². The number of benzene rings is 2. The van der Waals surface area contributed by atoms with Crippen LogP contribution >= 0.6 is 0 Å². The monoisotopic (exact) mass is 320 g/mol. The van der Waals surface area contributed by atoms with Crippen molar-refractivity contribution >= 4 is 23.1 Å². The molecule has 0 aliphatic rings. The van der Waals surface area contributed by atoms with E-state index in [1.54, 1.807) is 19.2 Å². The number of amides is 1. The summed E-state index contributed by atoms with van der Waals surface area (Å²) in [5.41, 5.74) is 1.78. The van der Waals surface area contributed by atoms with E-state index in [2.05, 4.69) is 20.8 Å². The first-order valence-electron chi connectivity index (χ1n) is 7.36. The number of methoxy groups -OCH3 is 1. The van der Waals surface area contributed by atoms with E-state index in [1.807, 2.05) is 54.6 Å². The molecule has 2 N–H and O–H groups in total. The van der Waals surface area contributed by atoms with Gasteiger partial charge in [-0.3, -0.25) is 4.79 Å². The lowest BCUT2D eigenvalue weighted by Crippen LogP contribution is -2.14. The molecule has 0 saturated heterocycles. The Hall–Kier alpha value is -3.41. The lowest BCUT2D eigenvalue weighted by Gasteiger charge is -2.07. The van der Waals surface area contributed by atoms with Gasteiger partial charge in [-0.15, -0.1) is 10.2 Å². The number of nitrogens with one attached hydrogen (secondary N) is 2. The van der Waals surface area contributed by atoms with Crippen molar-refractivity contribution in [2.45, 2.75) is 0 Å². The first-order chi connectivity index (χ1) is 11.7. The molecule has 120 valence electrons. The second kappa shape index (κ2) is 7.23. The van der Waals surface area contributed by atoms with Gasteiger partial charge in [-0.1, -0.05) is 24.3 Å². The molecule has 0 fully saturated rings. The summed E-state index contributed by atoms with van der Waals surface area (Å²) in [6, 6.07) is 20.0. The second-order valence-corrected chi connectivity index (χ2v) is 4.98. The number of para-hydroxylation sites is 1. The Morgan fingerprint density at radius 3 is 2.42 bits per heavy atom. The highest BCUT2D eigenvalue weighted by Gasteiger charge is 2.08. The Labute approximate surface area is 139 Å². The predicted molar refractivity (Wildman–Crippen MR) is 92.7 cm³/mol. The van der Waals surface area contributed by atoms with E-state index in [0.717, 1.165) is 11.4 Å². The Morgan fingerprint density at radius 1 is 0.917 bits per heavy atom. The molecule has 6 nitrogen and oxygen atoms in total. The van der Waals surface area contributed by atoms with Crippen LogP contribution < -0.4 is 15.4 Å². The topological polar surface area (TPSA) is 76.1 Å². The highest BCUT2D eigenvalue weighted by atomic mass is 16.5. The third kappa shape index (κ3) is 3.86. The largest absolute Gasteiger partial charge is 0.497 e. The molecule has 1 aromatic heterocycles. The number of rotatable bonds is 5. The minimum Gasteiger partial charge on any atom is -0.497 e. The summed E-state index contributed by atoms with van der Waals surface area (Å²) in [5, 5.41) is 13.9. The fourth-order valence-electron chi connectivity index (χ4n) is 2.09. The van der Waals surface area contributed by atoms with Crippen molar-refractivity contribution in [1.29, 1.82) is 0 Å². The van der Waals surface area contributed by atoms with E-state index in [9.17, 15) is 4.79 Å². The van der Waals surface area contributed by atoms with E-state index in [0.29, 0.717) is 11.5 Å². The molecule has 3 rings (SSSR count). The van der Waals surface area contributed by atoms with E-state index in [4.69, 9.17) is 4.74 Å². The average Bonchev–Trinajstić information content (AvgIpc) is 2.63. The van der Waals surface area contributed by atoms with Crippen LogP contribution in [0.3, 0.4) is 0 Å². The summed E-state index contributed by atoms with van der Waals surface area (Å²) in [6.07, 6.45) is 0. The summed E-state index contributed by atoms with van der Waals surface area (Å²) in [6.45, 7) is 0. The Bertz CT molecular complexity index is 820. The van der Waals surface area contributed by atoms with Crippen LogP contribution in [-0.4, -0.2) is 23.2 Å². The van der Waals surface area contributed by atoms with E-state index < -0.39 is 0 Å². The summed E-state index contributed by atoms with van der Waals surface area (Å²) in [7, 11) is 1.61. The molecular weight excluding hydrogens is 304 g/mol. The molecule has 0 atom stereocenters. The second-order valence-electron chi connectivity index (χ2n) is 4.98. The summed E-state index contributed by atoms with van der Waals surface area (Å²) in [5.74, 6) is 0.980. The molecule has 0 unspecified atom stereocenters. The number of ether oxygens (including phenoxy) is 1. The van der Waals surface area contributed by atoms with Crippen molar-refractivity contribution in [1.82, 2.24) is 10.2 Å². The lowest BCUT2D eigenvalue weighted by molar-refractivity contribution is 0.102. The Kier molecular flexibility index (Phi) is 4.67. The molecule has 3 aromatic rings. The molecule has 0 aliphatic carbocycles. The van der Waals surface area contributed by atoms with Gasteiger partial charge in [0.1, 0.15) is 5.75 Å². The van der Waals surface area contributed by atoms with Crippen LogP contribution in [0.1, 0.15) is 10.5 Å². The molecule has 6 heteroatoms. The van der Waals surface area contributed by atoms with Crippen LogP contribution in [0.25, 0.3) is 0 Å². The first kappa shape index (κ1) is 15.5. The van der Waals surface area contributed by atoms with Gasteiger partial charge in [0.15, 0.2) is 11.5 Å². The van der Waals surface area contributed by atoms with Gasteiger partial charge in [0.25, 0.3) is 5.91 Å². The molecule has 2 aromatic carbocycles. The van der Waals surface area contributed by atoms with Crippen molar-refractivity contribution in [2.75, 3.05) is 17.7 Å². The summed E-state index contributed by atoms with van der Waals surface area (Å²) < 4.78 is 5.17. The van der Waals surface area contributed by atoms with Gasteiger partial charge in [-0.05, 0) is 36.4 Å². The maximum absolute atomic E-state index is 12.1. The Balaban J connectivity index is 1.67. The number of carbonyl (C=O) groups excluding carboxylic acids is 1. The smallest absolute Gasteiger partial charge is 0.276 e. The van der Waals surface area contributed by atoms with Gasteiger partial charge in [0.2, 0.25) is 0 Å². The molecule has 1 amide bonds. The summed E-state index contributed by atoms with van der Waals surface area (Å²) >= 11 is 0. The van der Waals surface area contributed by atoms with Gasteiger partial charge < -0.3 is 15.4 Å². The molecule has 1 heterocycles. The maximum Gasteiger partial charge on any atom is 0.276 e. The standard InChI is InChI=1S/C18H16N4O2/c1-24-15-9-5-8-14(12-15)19-17-11-10-16(21-22-17)18(23)20-13-6-3-2-4-7-13/h2-12H,1H3,(H,19,22)(H,20,23). The van der Waals surface area contributed by atoms with Crippen LogP contribution in [0.5, 0.6) is 5.75 Å². The first-order valence-corrected chi connectivity index (χ1v) is 7.36. The average molecular weight is 320 g/mol. The zero-order valence-electron chi connectivity index (χ0n) is 13.1.